The van der Waals surface area contributed by atoms with Crippen LogP contribution in [0.5, 0.6) is 17.2 Å². The van der Waals surface area contributed by atoms with E-state index in [2.05, 4.69) is 21.2 Å². The van der Waals surface area contributed by atoms with Crippen molar-refractivity contribution in [3.05, 3.63) is 101 Å². The third-order valence-electron chi connectivity index (χ3n) is 6.09. The zero-order valence-electron chi connectivity index (χ0n) is 22.8. The normalized spacial score (nSPS) is 14.6. The Balaban J connectivity index is 1.31. The molecule has 0 radical (unpaired) electrons. The Morgan fingerprint density at radius 3 is 2.44 bits per heavy atom. The minimum Gasteiger partial charge on any atom is -0.493 e. The van der Waals surface area contributed by atoms with Crippen molar-refractivity contribution in [3.63, 3.8) is 0 Å². The highest BCUT2D eigenvalue weighted by atomic mass is 16.5. The van der Waals surface area contributed by atoms with Gasteiger partial charge >= 0.3 is 12.0 Å². The molecule has 11 heteroatoms. The van der Waals surface area contributed by atoms with Gasteiger partial charge in [0.05, 0.1) is 32.0 Å². The van der Waals surface area contributed by atoms with Crippen molar-refractivity contribution in [1.82, 2.24) is 16.1 Å². The SMILES string of the molecule is COC(=O)C1=C(C)NC(=O)N[C@H]1c1ccc(OCC(=O)N/N=C\c2ccc(OCc3ccccc3)cc2)c(OC)c1. The number of carbonyl (C=O) groups is 3. The first-order chi connectivity index (χ1) is 19.9. The number of allylic oxidation sites excluding steroid dienone is 1. The Morgan fingerprint density at radius 2 is 1.73 bits per heavy atom. The van der Waals surface area contributed by atoms with Crippen molar-refractivity contribution in [2.45, 2.75) is 19.6 Å². The zero-order valence-corrected chi connectivity index (χ0v) is 22.8. The van der Waals surface area contributed by atoms with Gasteiger partial charge in [-0.25, -0.2) is 15.0 Å². The predicted molar refractivity (Wildman–Crippen MR) is 151 cm³/mol. The molecule has 11 nitrogen and oxygen atoms in total. The van der Waals surface area contributed by atoms with Gasteiger partial charge in [-0.15, -0.1) is 0 Å². The molecular formula is C30H30N4O7. The number of hydrogen-bond acceptors (Lipinski definition) is 8. The lowest BCUT2D eigenvalue weighted by atomic mass is 9.95. The molecular weight excluding hydrogens is 528 g/mol. The van der Waals surface area contributed by atoms with Gasteiger partial charge in [0.2, 0.25) is 0 Å². The van der Waals surface area contributed by atoms with E-state index in [9.17, 15) is 14.4 Å². The Hall–Kier alpha value is -5.32. The Labute approximate surface area is 237 Å². The quantitative estimate of drug-likeness (QED) is 0.186. The summed E-state index contributed by atoms with van der Waals surface area (Å²) in [6.07, 6.45) is 1.51. The molecule has 3 amide bonds. The maximum Gasteiger partial charge on any atom is 0.337 e. The number of hydrogen-bond donors (Lipinski definition) is 3. The Kier molecular flexibility index (Phi) is 9.55. The van der Waals surface area contributed by atoms with Crippen LogP contribution in [0.2, 0.25) is 0 Å². The molecule has 0 fully saturated rings. The summed E-state index contributed by atoms with van der Waals surface area (Å²) >= 11 is 0. The van der Waals surface area contributed by atoms with Crippen LogP contribution in [0.3, 0.4) is 0 Å². The van der Waals surface area contributed by atoms with Crippen LogP contribution in [0, 0.1) is 0 Å². The lowest BCUT2D eigenvalue weighted by Crippen LogP contribution is -2.45. The summed E-state index contributed by atoms with van der Waals surface area (Å²) in [6.45, 7) is 1.76. The van der Waals surface area contributed by atoms with Gasteiger partial charge in [0, 0.05) is 5.70 Å². The van der Waals surface area contributed by atoms with Crippen LogP contribution in [0.15, 0.2) is 89.2 Å². The van der Waals surface area contributed by atoms with Crippen LogP contribution >= 0.6 is 0 Å². The average Bonchev–Trinajstić information content (AvgIpc) is 2.99. The third-order valence-corrected chi connectivity index (χ3v) is 6.09. The molecule has 41 heavy (non-hydrogen) atoms. The summed E-state index contributed by atoms with van der Waals surface area (Å²) in [5.41, 5.74) is 5.48. The topological polar surface area (TPSA) is 137 Å². The number of nitrogens with one attached hydrogen (secondary N) is 3. The Morgan fingerprint density at radius 1 is 0.976 bits per heavy atom. The first-order valence-electron chi connectivity index (χ1n) is 12.6. The molecule has 3 aromatic rings. The third kappa shape index (κ3) is 7.63. The highest BCUT2D eigenvalue weighted by Gasteiger charge is 2.32. The van der Waals surface area contributed by atoms with Crippen LogP contribution in [-0.2, 0) is 20.9 Å². The van der Waals surface area contributed by atoms with Gasteiger partial charge in [0.25, 0.3) is 5.91 Å². The second kappa shape index (κ2) is 13.7. The molecule has 0 bridgehead atoms. The summed E-state index contributed by atoms with van der Waals surface area (Å²) in [5.74, 6) is 0.264. The van der Waals surface area contributed by atoms with Crippen molar-refractivity contribution in [3.8, 4) is 17.2 Å². The minimum absolute atomic E-state index is 0.259. The van der Waals surface area contributed by atoms with E-state index in [4.69, 9.17) is 18.9 Å². The number of benzene rings is 3. The van der Waals surface area contributed by atoms with Crippen LogP contribution in [0.1, 0.15) is 29.7 Å². The minimum atomic E-state index is -0.763. The largest absolute Gasteiger partial charge is 0.493 e. The molecule has 0 aromatic heterocycles. The van der Waals surface area contributed by atoms with E-state index in [-0.39, 0.29) is 12.2 Å². The lowest BCUT2D eigenvalue weighted by Gasteiger charge is -2.28. The summed E-state index contributed by atoms with van der Waals surface area (Å²) < 4.78 is 21.7. The van der Waals surface area contributed by atoms with Crippen molar-refractivity contribution in [1.29, 1.82) is 0 Å². The van der Waals surface area contributed by atoms with Crippen LogP contribution in [0.25, 0.3) is 0 Å². The monoisotopic (exact) mass is 558 g/mol. The van der Waals surface area contributed by atoms with E-state index >= 15 is 0 Å². The van der Waals surface area contributed by atoms with Gasteiger partial charge in [-0.05, 0) is 60.0 Å². The number of methoxy groups -OCH3 is 2. The number of esters is 1. The van der Waals surface area contributed by atoms with Crippen LogP contribution in [-0.4, -0.2) is 44.9 Å². The lowest BCUT2D eigenvalue weighted by molar-refractivity contribution is -0.136. The number of carbonyl (C=O) groups excluding carboxylic acids is 3. The van der Waals surface area contributed by atoms with E-state index in [0.29, 0.717) is 29.4 Å². The van der Waals surface area contributed by atoms with Gasteiger partial charge in [-0.3, -0.25) is 4.79 Å². The fourth-order valence-corrected chi connectivity index (χ4v) is 4.05. The molecule has 1 heterocycles. The molecule has 1 aliphatic heterocycles. The first kappa shape index (κ1) is 28.7. The van der Waals surface area contributed by atoms with E-state index in [1.54, 1.807) is 25.1 Å². The number of ether oxygens (including phenoxy) is 4. The maximum atomic E-state index is 12.3. The number of amides is 3. The predicted octanol–water partition coefficient (Wildman–Crippen LogP) is 3.60. The fourth-order valence-electron chi connectivity index (χ4n) is 4.05. The number of urea groups is 1. The van der Waals surface area contributed by atoms with Gasteiger partial charge in [-0.2, -0.15) is 5.10 Å². The van der Waals surface area contributed by atoms with E-state index in [1.165, 1.54) is 20.4 Å². The van der Waals surface area contributed by atoms with Crippen molar-refractivity contribution < 1.29 is 33.3 Å². The number of nitrogens with zero attached hydrogens (tertiary/aromatic N) is 1. The van der Waals surface area contributed by atoms with Crippen molar-refractivity contribution >= 4 is 24.1 Å². The second-order valence-corrected chi connectivity index (χ2v) is 8.90. The standard InChI is InChI=1S/C30H30N4O7/c1-19-27(29(36)39-3)28(33-30(37)32-19)22-11-14-24(25(15-22)38-2)41-18-26(35)34-31-16-20-9-12-23(13-10-20)40-17-21-7-5-4-6-8-21/h4-16,28H,17-18H2,1-3H3,(H,34,35)(H2,32,33,37)/b31-16-/t28-/m0/s1. The van der Waals surface area contributed by atoms with Gasteiger partial charge in [-0.1, -0.05) is 36.4 Å². The Bertz CT molecular complexity index is 1450. The first-order valence-corrected chi connectivity index (χ1v) is 12.6. The van der Waals surface area contributed by atoms with Gasteiger partial charge < -0.3 is 29.6 Å². The van der Waals surface area contributed by atoms with Gasteiger partial charge in [0.1, 0.15) is 12.4 Å². The maximum absolute atomic E-state index is 12.3. The average molecular weight is 559 g/mol. The molecule has 0 saturated heterocycles. The van der Waals surface area contributed by atoms with E-state index in [0.717, 1.165) is 16.9 Å². The van der Waals surface area contributed by atoms with Crippen molar-refractivity contribution in [2.75, 3.05) is 20.8 Å². The summed E-state index contributed by atoms with van der Waals surface area (Å²) in [4.78, 5) is 36.7. The molecule has 0 saturated carbocycles. The molecule has 4 rings (SSSR count). The molecule has 212 valence electrons. The van der Waals surface area contributed by atoms with E-state index < -0.39 is 23.9 Å². The zero-order chi connectivity index (χ0) is 29.2. The molecule has 3 N–H and O–H groups in total. The second-order valence-electron chi connectivity index (χ2n) is 8.90. The van der Waals surface area contributed by atoms with Gasteiger partial charge in [0.15, 0.2) is 18.1 Å². The molecule has 1 aliphatic rings. The molecule has 0 aliphatic carbocycles. The fraction of sp³-hybridized carbons (Fsp3) is 0.200. The summed E-state index contributed by atoms with van der Waals surface area (Å²) in [5, 5.41) is 9.25. The molecule has 0 unspecified atom stereocenters. The van der Waals surface area contributed by atoms with E-state index in [1.807, 2.05) is 54.6 Å². The number of hydrazone groups is 1. The van der Waals surface area contributed by atoms with Crippen molar-refractivity contribution in [2.24, 2.45) is 5.10 Å². The number of rotatable bonds is 11. The van der Waals surface area contributed by atoms with Crippen LogP contribution < -0.4 is 30.3 Å². The highest BCUT2D eigenvalue weighted by Crippen LogP contribution is 2.34. The summed E-state index contributed by atoms with van der Waals surface area (Å²) in [6, 6.07) is 20.8. The molecule has 0 spiro atoms. The molecule has 1 atom stereocenters. The molecule has 3 aromatic carbocycles. The summed E-state index contributed by atoms with van der Waals surface area (Å²) in [7, 11) is 2.71. The smallest absolute Gasteiger partial charge is 0.337 e. The van der Waals surface area contributed by atoms with Crippen LogP contribution in [0.4, 0.5) is 4.79 Å². The highest BCUT2D eigenvalue weighted by molar-refractivity contribution is 5.95.